The number of thiazole rings is 1. The van der Waals surface area contributed by atoms with Gasteiger partial charge in [-0.25, -0.2) is 9.99 Å². The van der Waals surface area contributed by atoms with Crippen LogP contribution < -0.4 is 10.3 Å². The Morgan fingerprint density at radius 2 is 2.15 bits per heavy atom. The molecular formula is C19H19N5O2S. The third kappa shape index (κ3) is 3.48. The molecule has 0 spiro atoms. The Hall–Kier alpha value is -3.00. The summed E-state index contributed by atoms with van der Waals surface area (Å²) in [6.07, 6.45) is 4.42. The Kier molecular flexibility index (Phi) is 4.49. The van der Waals surface area contributed by atoms with Crippen LogP contribution in [0.25, 0.3) is 4.96 Å². The Labute approximate surface area is 160 Å². The van der Waals surface area contributed by atoms with Crippen molar-refractivity contribution >= 4 is 39.5 Å². The SMILES string of the molecule is Cc1ccc(C)c(N2N=C(C(=O)NCc3cn4ccsc4n3)CCC2=O)c1. The predicted octanol–water partition coefficient (Wildman–Crippen LogP) is 2.81. The van der Waals surface area contributed by atoms with Crippen molar-refractivity contribution in [2.24, 2.45) is 5.10 Å². The molecule has 0 bridgehead atoms. The Morgan fingerprint density at radius 1 is 1.30 bits per heavy atom. The molecule has 1 aliphatic heterocycles. The zero-order valence-corrected chi connectivity index (χ0v) is 15.9. The molecular weight excluding hydrogens is 362 g/mol. The maximum Gasteiger partial charge on any atom is 0.267 e. The highest BCUT2D eigenvalue weighted by Gasteiger charge is 2.26. The summed E-state index contributed by atoms with van der Waals surface area (Å²) >= 11 is 1.54. The lowest BCUT2D eigenvalue weighted by Gasteiger charge is -2.24. The number of hydrazone groups is 1. The predicted molar refractivity (Wildman–Crippen MR) is 105 cm³/mol. The third-order valence-electron chi connectivity index (χ3n) is 4.46. The average molecular weight is 381 g/mol. The first kappa shape index (κ1) is 17.4. The van der Waals surface area contributed by atoms with Crippen molar-refractivity contribution in [3.63, 3.8) is 0 Å². The number of rotatable bonds is 4. The second-order valence-electron chi connectivity index (χ2n) is 6.55. The molecule has 2 aromatic heterocycles. The molecule has 27 heavy (non-hydrogen) atoms. The standard InChI is InChI=1S/C19H19N5O2S/c1-12-3-4-13(2)16(9-12)24-17(25)6-5-15(22-24)18(26)20-10-14-11-23-7-8-27-19(23)21-14/h3-4,7-9,11H,5-6,10H2,1-2H3,(H,20,26). The van der Waals surface area contributed by atoms with Gasteiger partial charge in [-0.1, -0.05) is 12.1 Å². The molecule has 0 atom stereocenters. The molecule has 0 aliphatic carbocycles. The first-order valence-corrected chi connectivity index (χ1v) is 9.56. The van der Waals surface area contributed by atoms with Gasteiger partial charge >= 0.3 is 0 Å². The fourth-order valence-corrected chi connectivity index (χ4v) is 3.71. The Bertz CT molecular complexity index is 1040. The van der Waals surface area contributed by atoms with Crippen LogP contribution in [0.5, 0.6) is 0 Å². The minimum Gasteiger partial charge on any atom is -0.345 e. The molecule has 1 aromatic carbocycles. The summed E-state index contributed by atoms with van der Waals surface area (Å²) in [5.41, 5.74) is 3.84. The molecule has 0 radical (unpaired) electrons. The molecule has 0 saturated heterocycles. The van der Waals surface area contributed by atoms with E-state index in [1.54, 1.807) is 11.3 Å². The van der Waals surface area contributed by atoms with Gasteiger partial charge in [-0.15, -0.1) is 11.3 Å². The van der Waals surface area contributed by atoms with Crippen LogP contribution in [0.15, 0.2) is 41.1 Å². The van der Waals surface area contributed by atoms with E-state index in [4.69, 9.17) is 0 Å². The van der Waals surface area contributed by atoms with E-state index in [0.29, 0.717) is 18.7 Å². The lowest BCUT2D eigenvalue weighted by Crippen LogP contribution is -2.39. The van der Waals surface area contributed by atoms with Gasteiger partial charge in [0, 0.05) is 30.6 Å². The van der Waals surface area contributed by atoms with Gasteiger partial charge in [-0.2, -0.15) is 5.10 Å². The molecule has 0 saturated carbocycles. The van der Waals surface area contributed by atoms with Crippen LogP contribution >= 0.6 is 11.3 Å². The Morgan fingerprint density at radius 3 is 2.96 bits per heavy atom. The van der Waals surface area contributed by atoms with Gasteiger partial charge in [-0.05, 0) is 31.0 Å². The van der Waals surface area contributed by atoms with E-state index in [-0.39, 0.29) is 18.2 Å². The highest BCUT2D eigenvalue weighted by molar-refractivity contribution is 7.15. The van der Waals surface area contributed by atoms with E-state index in [9.17, 15) is 9.59 Å². The lowest BCUT2D eigenvalue weighted by atomic mass is 10.1. The van der Waals surface area contributed by atoms with Gasteiger partial charge < -0.3 is 5.32 Å². The van der Waals surface area contributed by atoms with Gasteiger partial charge in [0.25, 0.3) is 5.91 Å². The highest BCUT2D eigenvalue weighted by atomic mass is 32.1. The van der Waals surface area contributed by atoms with Crippen molar-refractivity contribution in [3.8, 4) is 0 Å². The molecule has 0 unspecified atom stereocenters. The number of nitrogens with zero attached hydrogens (tertiary/aromatic N) is 4. The summed E-state index contributed by atoms with van der Waals surface area (Å²) in [6.45, 7) is 4.21. The highest BCUT2D eigenvalue weighted by Crippen LogP contribution is 2.25. The van der Waals surface area contributed by atoms with Gasteiger partial charge in [-0.3, -0.25) is 14.0 Å². The number of anilines is 1. The van der Waals surface area contributed by atoms with Crippen LogP contribution in [0.2, 0.25) is 0 Å². The molecule has 3 heterocycles. The van der Waals surface area contributed by atoms with Gasteiger partial charge in [0.2, 0.25) is 5.91 Å². The van der Waals surface area contributed by atoms with Crippen LogP contribution in [0.1, 0.15) is 29.7 Å². The summed E-state index contributed by atoms with van der Waals surface area (Å²) in [6, 6.07) is 5.85. The van der Waals surface area contributed by atoms with Crippen LogP contribution in [-0.4, -0.2) is 26.9 Å². The summed E-state index contributed by atoms with van der Waals surface area (Å²) in [4.78, 5) is 30.2. The number of carbonyl (C=O) groups is 2. The fraction of sp³-hybridized carbons (Fsp3) is 0.263. The van der Waals surface area contributed by atoms with Crippen molar-refractivity contribution in [1.29, 1.82) is 0 Å². The van der Waals surface area contributed by atoms with Crippen molar-refractivity contribution in [2.75, 3.05) is 5.01 Å². The van der Waals surface area contributed by atoms with Crippen LogP contribution in [0, 0.1) is 13.8 Å². The van der Waals surface area contributed by atoms with Crippen molar-refractivity contribution in [1.82, 2.24) is 14.7 Å². The monoisotopic (exact) mass is 381 g/mol. The number of nitrogens with one attached hydrogen (secondary N) is 1. The normalized spacial score (nSPS) is 14.5. The number of hydrogen-bond acceptors (Lipinski definition) is 5. The number of aromatic nitrogens is 2. The molecule has 7 nitrogen and oxygen atoms in total. The second-order valence-corrected chi connectivity index (χ2v) is 7.42. The van der Waals surface area contributed by atoms with E-state index >= 15 is 0 Å². The number of hydrogen-bond donors (Lipinski definition) is 1. The summed E-state index contributed by atoms with van der Waals surface area (Å²) < 4.78 is 1.92. The molecule has 1 aliphatic rings. The number of amides is 2. The lowest BCUT2D eigenvalue weighted by molar-refractivity contribution is -0.119. The van der Waals surface area contributed by atoms with Crippen LogP contribution in [-0.2, 0) is 16.1 Å². The summed E-state index contributed by atoms with van der Waals surface area (Å²) in [5, 5.41) is 10.5. The van der Waals surface area contributed by atoms with Crippen molar-refractivity contribution in [2.45, 2.75) is 33.2 Å². The molecule has 0 fully saturated rings. The molecule has 2 amide bonds. The molecule has 8 heteroatoms. The number of aryl methyl sites for hydroxylation is 2. The van der Waals surface area contributed by atoms with Gasteiger partial charge in [0.15, 0.2) is 4.96 Å². The number of carbonyl (C=O) groups excluding carboxylic acids is 2. The number of fused-ring (bicyclic) bond motifs is 1. The van der Waals surface area contributed by atoms with Crippen LogP contribution in [0.3, 0.4) is 0 Å². The largest absolute Gasteiger partial charge is 0.345 e. The van der Waals surface area contributed by atoms with Crippen LogP contribution in [0.4, 0.5) is 5.69 Å². The number of imidazole rings is 1. The minimum atomic E-state index is -0.269. The smallest absolute Gasteiger partial charge is 0.267 e. The van der Waals surface area contributed by atoms with E-state index in [1.807, 2.05) is 54.2 Å². The average Bonchev–Trinajstić information content (AvgIpc) is 3.24. The van der Waals surface area contributed by atoms with Gasteiger partial charge in [0.05, 0.1) is 17.9 Å². The zero-order chi connectivity index (χ0) is 19.0. The van der Waals surface area contributed by atoms with Crippen molar-refractivity contribution < 1.29 is 9.59 Å². The first-order valence-electron chi connectivity index (χ1n) is 8.68. The fourth-order valence-electron chi connectivity index (χ4n) is 2.99. The second kappa shape index (κ2) is 6.96. The topological polar surface area (TPSA) is 79.1 Å². The first-order chi connectivity index (χ1) is 13.0. The molecule has 3 aromatic rings. The summed E-state index contributed by atoms with van der Waals surface area (Å²) in [5.74, 6) is -0.372. The Balaban J connectivity index is 1.51. The zero-order valence-electron chi connectivity index (χ0n) is 15.1. The van der Waals surface area contributed by atoms with E-state index in [1.165, 1.54) is 5.01 Å². The quantitative estimate of drug-likeness (QED) is 0.755. The van der Waals surface area contributed by atoms with Gasteiger partial charge in [0.1, 0.15) is 5.71 Å². The maximum atomic E-state index is 12.5. The minimum absolute atomic E-state index is 0.102. The molecule has 4 rings (SSSR count). The molecule has 1 N–H and O–H groups in total. The van der Waals surface area contributed by atoms with Crippen molar-refractivity contribution in [3.05, 3.63) is 52.8 Å². The molecule has 138 valence electrons. The van der Waals surface area contributed by atoms with E-state index < -0.39 is 0 Å². The van der Waals surface area contributed by atoms with E-state index in [2.05, 4.69) is 15.4 Å². The number of benzene rings is 1. The third-order valence-corrected chi connectivity index (χ3v) is 5.23. The van der Waals surface area contributed by atoms with E-state index in [0.717, 1.165) is 27.5 Å². The summed E-state index contributed by atoms with van der Waals surface area (Å²) in [7, 11) is 0. The maximum absolute atomic E-state index is 12.5.